The first kappa shape index (κ1) is 23.2. The molecule has 0 unspecified atom stereocenters. The summed E-state index contributed by atoms with van der Waals surface area (Å²) in [5.41, 5.74) is 2.02. The highest BCUT2D eigenvalue weighted by atomic mass is 19.1. The maximum absolute atomic E-state index is 14.9. The van der Waals surface area contributed by atoms with Gasteiger partial charge in [-0.25, -0.2) is 24.3 Å². The van der Waals surface area contributed by atoms with Crippen LogP contribution in [0.3, 0.4) is 0 Å². The van der Waals surface area contributed by atoms with Crippen molar-refractivity contribution in [2.24, 2.45) is 9.98 Å². The first-order chi connectivity index (χ1) is 15.3. The molecule has 1 amide bonds. The van der Waals surface area contributed by atoms with Crippen LogP contribution in [0.4, 0.5) is 10.3 Å². The highest BCUT2D eigenvalue weighted by Gasteiger charge is 2.34. The van der Waals surface area contributed by atoms with Crippen LogP contribution in [-0.4, -0.2) is 52.0 Å². The largest absolute Gasteiger partial charge is 0.349 e. The summed E-state index contributed by atoms with van der Waals surface area (Å²) in [7, 11) is 0. The number of carbonyl (C=O) groups excluding carboxylic acids is 1. The highest BCUT2D eigenvalue weighted by molar-refractivity contribution is 6.11. The summed E-state index contributed by atoms with van der Waals surface area (Å²) in [6.45, 7) is 11.7. The average Bonchev–Trinajstić information content (AvgIpc) is 2.75. The molecule has 1 N–H and O–H groups in total. The number of carbonyl (C=O) groups is 1. The molecule has 1 aromatic heterocycles. The third kappa shape index (κ3) is 5.07. The summed E-state index contributed by atoms with van der Waals surface area (Å²) >= 11 is 0. The summed E-state index contributed by atoms with van der Waals surface area (Å²) in [6.07, 6.45) is 4.90. The van der Waals surface area contributed by atoms with Gasteiger partial charge in [0.05, 0.1) is 5.56 Å². The van der Waals surface area contributed by atoms with Crippen molar-refractivity contribution >= 4 is 24.4 Å². The molecule has 0 aliphatic carbocycles. The number of aryl methyl sites for hydroxylation is 2. The summed E-state index contributed by atoms with van der Waals surface area (Å²) in [5.74, 6) is -0.259. The van der Waals surface area contributed by atoms with Gasteiger partial charge in [0.25, 0.3) is 5.91 Å². The Hall–Kier alpha value is -3.42. The molecule has 2 heterocycles. The van der Waals surface area contributed by atoms with E-state index >= 15 is 0 Å². The first-order valence-electron chi connectivity index (χ1n) is 10.7. The summed E-state index contributed by atoms with van der Waals surface area (Å²) < 4.78 is 14.9. The average molecular weight is 437 g/mol. The predicted octanol–water partition coefficient (Wildman–Crippen LogP) is 4.32. The molecule has 1 aliphatic heterocycles. The number of nitrogens with one attached hydrogen (secondary N) is 1. The standard InChI is InChI=1S/C24H29FN6O/c1-6-12-27-22(26-5)18-9-7-10-19(25)21(18)23(32)31-13-8-11-20(17(31)4)30-24-28-15(2)14-16(3)29-24/h6-7,9-10,12,14,17,20H,5,8,11,13H2,1-4H3,(H,28,29,30)/b12-6-,27-22-/t17-,20+/m0/s1. The van der Waals surface area contributed by atoms with E-state index < -0.39 is 11.7 Å². The van der Waals surface area contributed by atoms with Crippen LogP contribution in [-0.2, 0) is 0 Å². The van der Waals surface area contributed by atoms with E-state index in [0.29, 0.717) is 18.1 Å². The van der Waals surface area contributed by atoms with Crippen LogP contribution in [0.25, 0.3) is 0 Å². The fraction of sp³-hybridized carbons (Fsp3) is 0.375. The number of hydrogen-bond acceptors (Lipinski definition) is 5. The van der Waals surface area contributed by atoms with Crippen molar-refractivity contribution in [1.29, 1.82) is 0 Å². The molecule has 3 rings (SSSR count). The number of aliphatic imine (C=N–C) groups is 2. The Labute approximate surface area is 188 Å². The lowest BCUT2D eigenvalue weighted by atomic mass is 9.95. The first-order valence-corrected chi connectivity index (χ1v) is 10.7. The van der Waals surface area contributed by atoms with Crippen molar-refractivity contribution in [3.05, 3.63) is 64.9 Å². The monoisotopic (exact) mass is 436 g/mol. The Balaban J connectivity index is 1.91. The number of piperidine rings is 1. The van der Waals surface area contributed by atoms with Gasteiger partial charge in [0.2, 0.25) is 5.95 Å². The third-order valence-electron chi connectivity index (χ3n) is 5.51. The van der Waals surface area contributed by atoms with Crippen LogP contribution >= 0.6 is 0 Å². The van der Waals surface area contributed by atoms with Crippen molar-refractivity contribution in [1.82, 2.24) is 14.9 Å². The lowest BCUT2D eigenvalue weighted by Gasteiger charge is -2.40. The molecule has 8 heteroatoms. The van der Waals surface area contributed by atoms with Gasteiger partial charge in [0, 0.05) is 41.8 Å². The maximum atomic E-state index is 14.9. The molecule has 2 aromatic rings. The van der Waals surface area contributed by atoms with Gasteiger partial charge in [-0.05, 0) is 59.4 Å². The number of benzene rings is 1. The topological polar surface area (TPSA) is 82.8 Å². The van der Waals surface area contributed by atoms with Gasteiger partial charge in [-0.3, -0.25) is 4.79 Å². The van der Waals surface area contributed by atoms with Crippen molar-refractivity contribution in [2.75, 3.05) is 11.9 Å². The minimum Gasteiger partial charge on any atom is -0.349 e. The van der Waals surface area contributed by atoms with Gasteiger partial charge in [-0.1, -0.05) is 18.2 Å². The highest BCUT2D eigenvalue weighted by Crippen LogP contribution is 2.25. The molecular weight excluding hydrogens is 407 g/mol. The number of hydrogen-bond donors (Lipinski definition) is 1. The normalized spacial score (nSPS) is 19.3. The number of halogens is 1. The van der Waals surface area contributed by atoms with Crippen LogP contribution in [0.1, 0.15) is 54.0 Å². The van der Waals surface area contributed by atoms with Gasteiger partial charge in [0.15, 0.2) is 5.84 Å². The number of anilines is 1. The number of rotatable bonds is 5. The van der Waals surface area contributed by atoms with Crippen molar-refractivity contribution in [2.45, 2.75) is 52.6 Å². The molecule has 1 saturated heterocycles. The quantitative estimate of drug-likeness (QED) is 0.559. The molecule has 1 aromatic carbocycles. The van der Waals surface area contributed by atoms with E-state index in [1.807, 2.05) is 33.8 Å². The summed E-state index contributed by atoms with van der Waals surface area (Å²) in [6, 6.07) is 6.12. The molecule has 168 valence electrons. The van der Waals surface area contributed by atoms with E-state index in [4.69, 9.17) is 0 Å². The molecule has 7 nitrogen and oxygen atoms in total. The smallest absolute Gasteiger partial charge is 0.257 e. The third-order valence-corrected chi connectivity index (χ3v) is 5.51. The van der Waals surface area contributed by atoms with Crippen molar-refractivity contribution in [3.8, 4) is 0 Å². The van der Waals surface area contributed by atoms with Gasteiger partial charge < -0.3 is 10.2 Å². The van der Waals surface area contributed by atoms with Crippen LogP contribution < -0.4 is 5.32 Å². The van der Waals surface area contributed by atoms with Crippen LogP contribution in [0.2, 0.25) is 0 Å². The van der Waals surface area contributed by atoms with Crippen molar-refractivity contribution < 1.29 is 9.18 Å². The predicted molar refractivity (Wildman–Crippen MR) is 126 cm³/mol. The molecule has 0 saturated carbocycles. The Morgan fingerprint density at radius 1 is 1.31 bits per heavy atom. The van der Waals surface area contributed by atoms with E-state index in [9.17, 15) is 9.18 Å². The second-order valence-electron chi connectivity index (χ2n) is 7.86. The minimum absolute atomic E-state index is 0.0432. The Morgan fingerprint density at radius 3 is 2.69 bits per heavy atom. The molecular formula is C24H29FN6O. The maximum Gasteiger partial charge on any atom is 0.257 e. The summed E-state index contributed by atoms with van der Waals surface area (Å²) in [5, 5.41) is 3.37. The van der Waals surface area contributed by atoms with Crippen LogP contribution in [0, 0.1) is 19.7 Å². The second-order valence-corrected chi connectivity index (χ2v) is 7.86. The Bertz CT molecular complexity index is 1040. The zero-order valence-corrected chi connectivity index (χ0v) is 19.0. The van der Waals surface area contributed by atoms with E-state index in [-0.39, 0.29) is 23.5 Å². The zero-order chi connectivity index (χ0) is 23.3. The van der Waals surface area contributed by atoms with E-state index in [1.165, 1.54) is 12.3 Å². The van der Waals surface area contributed by atoms with Crippen LogP contribution in [0.15, 0.2) is 46.5 Å². The minimum atomic E-state index is -0.607. The molecule has 0 spiro atoms. The number of likely N-dealkylation sites (tertiary alicyclic amines) is 1. The molecule has 0 radical (unpaired) electrons. The molecule has 2 atom stereocenters. The SMILES string of the molecule is C=N/C(=N\C=C/C)c1cccc(F)c1C(=O)N1CCC[C@@H](Nc2nc(C)cc(C)n2)[C@@H]1C. The number of allylic oxidation sites excluding steroid dienone is 1. The molecule has 1 fully saturated rings. The number of aromatic nitrogens is 2. The number of nitrogens with zero attached hydrogens (tertiary/aromatic N) is 5. The van der Waals surface area contributed by atoms with Gasteiger partial charge in [0.1, 0.15) is 5.82 Å². The lowest BCUT2D eigenvalue weighted by Crippen LogP contribution is -2.52. The van der Waals surface area contributed by atoms with Gasteiger partial charge in [-0.2, -0.15) is 0 Å². The van der Waals surface area contributed by atoms with Crippen LogP contribution in [0.5, 0.6) is 0 Å². The fourth-order valence-corrected chi connectivity index (χ4v) is 3.99. The molecule has 1 aliphatic rings. The van der Waals surface area contributed by atoms with E-state index in [0.717, 1.165) is 24.2 Å². The van der Waals surface area contributed by atoms with Gasteiger partial charge in [-0.15, -0.1) is 0 Å². The Kier molecular flexibility index (Phi) is 7.45. The second kappa shape index (κ2) is 10.3. The molecule has 32 heavy (non-hydrogen) atoms. The van der Waals surface area contributed by atoms with E-state index in [1.54, 1.807) is 23.1 Å². The fourth-order valence-electron chi connectivity index (χ4n) is 3.99. The zero-order valence-electron chi connectivity index (χ0n) is 19.0. The summed E-state index contributed by atoms with van der Waals surface area (Å²) in [4.78, 5) is 32.3. The Morgan fingerprint density at radius 2 is 2.03 bits per heavy atom. The number of amides is 1. The van der Waals surface area contributed by atoms with Crippen molar-refractivity contribution in [3.63, 3.8) is 0 Å². The van der Waals surface area contributed by atoms with E-state index in [2.05, 4.69) is 32.0 Å². The lowest BCUT2D eigenvalue weighted by molar-refractivity contribution is 0.0611. The van der Waals surface area contributed by atoms with Gasteiger partial charge >= 0.3 is 0 Å². The molecule has 0 bridgehead atoms. The number of amidine groups is 1.